The molecule has 2 rings (SSSR count). The normalized spacial score (nSPS) is 10.5. The van der Waals surface area contributed by atoms with E-state index in [0.29, 0.717) is 10.6 Å². The molecule has 0 aliphatic heterocycles. The molecule has 23 heavy (non-hydrogen) atoms. The molecule has 0 spiro atoms. The molecule has 0 bridgehead atoms. The summed E-state index contributed by atoms with van der Waals surface area (Å²) in [6, 6.07) is 12.4. The number of halogens is 2. The molecule has 6 heteroatoms. The van der Waals surface area contributed by atoms with Gasteiger partial charge in [0.1, 0.15) is 5.82 Å². The highest BCUT2D eigenvalue weighted by Gasteiger charge is 2.06. The lowest BCUT2D eigenvalue weighted by Crippen LogP contribution is -2.20. The fourth-order valence-electron chi connectivity index (χ4n) is 1.72. The summed E-state index contributed by atoms with van der Waals surface area (Å²) >= 11 is 5.94. The van der Waals surface area contributed by atoms with Crippen LogP contribution >= 0.6 is 11.6 Å². The SMILES string of the molecule is O=C(COC(=O)/C=C/c1ccccc1Cl)Nc1cccc(F)c1. The van der Waals surface area contributed by atoms with E-state index in [0.717, 1.165) is 6.07 Å². The molecule has 2 aromatic carbocycles. The van der Waals surface area contributed by atoms with Crippen LogP contribution in [0.2, 0.25) is 5.02 Å². The van der Waals surface area contributed by atoms with E-state index < -0.39 is 24.3 Å². The summed E-state index contributed by atoms with van der Waals surface area (Å²) in [5, 5.41) is 2.92. The first-order valence-electron chi connectivity index (χ1n) is 6.69. The molecular weight excluding hydrogens is 321 g/mol. The molecule has 4 nitrogen and oxygen atoms in total. The number of hydrogen-bond acceptors (Lipinski definition) is 3. The molecule has 0 aromatic heterocycles. The molecule has 0 saturated carbocycles. The maximum atomic E-state index is 13.0. The third kappa shape index (κ3) is 5.56. The van der Waals surface area contributed by atoms with Crippen molar-refractivity contribution in [2.75, 3.05) is 11.9 Å². The second-order valence-electron chi connectivity index (χ2n) is 4.52. The number of carbonyl (C=O) groups is 2. The van der Waals surface area contributed by atoms with Crippen LogP contribution < -0.4 is 5.32 Å². The van der Waals surface area contributed by atoms with Crippen molar-refractivity contribution in [2.45, 2.75) is 0 Å². The Morgan fingerprint density at radius 2 is 1.96 bits per heavy atom. The quantitative estimate of drug-likeness (QED) is 0.671. The Bertz CT molecular complexity index is 746. The number of nitrogens with one attached hydrogen (secondary N) is 1. The second kappa shape index (κ2) is 8.10. The summed E-state index contributed by atoms with van der Waals surface area (Å²) < 4.78 is 17.8. The minimum atomic E-state index is -0.681. The third-order valence-electron chi connectivity index (χ3n) is 2.76. The number of benzene rings is 2. The van der Waals surface area contributed by atoms with E-state index in [1.807, 2.05) is 0 Å². The Labute approximate surface area is 137 Å². The maximum Gasteiger partial charge on any atom is 0.331 e. The van der Waals surface area contributed by atoms with Crippen molar-refractivity contribution in [3.05, 3.63) is 71.0 Å². The lowest BCUT2D eigenvalue weighted by Gasteiger charge is -2.05. The second-order valence-corrected chi connectivity index (χ2v) is 4.93. The van der Waals surface area contributed by atoms with Crippen molar-refractivity contribution >= 4 is 35.2 Å². The van der Waals surface area contributed by atoms with Crippen LogP contribution in [-0.2, 0) is 14.3 Å². The van der Waals surface area contributed by atoms with Gasteiger partial charge in [-0.25, -0.2) is 9.18 Å². The number of amides is 1. The predicted molar refractivity (Wildman–Crippen MR) is 86.5 cm³/mol. The fraction of sp³-hybridized carbons (Fsp3) is 0.0588. The summed E-state index contributed by atoms with van der Waals surface area (Å²) in [5.41, 5.74) is 0.952. The van der Waals surface area contributed by atoms with Crippen molar-refractivity contribution in [2.24, 2.45) is 0 Å². The molecule has 0 fully saturated rings. The Hall–Kier alpha value is -2.66. The summed E-state index contributed by atoms with van der Waals surface area (Å²) in [4.78, 5) is 23.1. The molecule has 0 heterocycles. The summed E-state index contributed by atoms with van der Waals surface area (Å²) in [7, 11) is 0. The van der Waals surface area contributed by atoms with Gasteiger partial charge in [-0.2, -0.15) is 0 Å². The van der Waals surface area contributed by atoms with Crippen molar-refractivity contribution in [3.8, 4) is 0 Å². The van der Waals surface area contributed by atoms with Crippen LogP contribution in [0, 0.1) is 5.82 Å². The molecule has 0 aliphatic carbocycles. The van der Waals surface area contributed by atoms with Crippen LogP contribution in [0.15, 0.2) is 54.6 Å². The molecule has 0 aliphatic rings. The zero-order chi connectivity index (χ0) is 16.7. The van der Waals surface area contributed by atoms with Crippen LogP contribution in [0.3, 0.4) is 0 Å². The first kappa shape index (κ1) is 16.7. The van der Waals surface area contributed by atoms with Gasteiger partial charge in [-0.15, -0.1) is 0 Å². The van der Waals surface area contributed by atoms with E-state index in [4.69, 9.17) is 16.3 Å². The number of esters is 1. The minimum absolute atomic E-state index is 0.289. The molecule has 2 aromatic rings. The van der Waals surface area contributed by atoms with Crippen LogP contribution in [0.25, 0.3) is 6.08 Å². The molecule has 118 valence electrons. The number of anilines is 1. The van der Waals surface area contributed by atoms with E-state index in [-0.39, 0.29) is 5.69 Å². The summed E-state index contributed by atoms with van der Waals surface area (Å²) in [6.07, 6.45) is 2.67. The Balaban J connectivity index is 1.82. The number of carbonyl (C=O) groups excluding carboxylic acids is 2. The average molecular weight is 334 g/mol. The van der Waals surface area contributed by atoms with Crippen LogP contribution in [0.5, 0.6) is 0 Å². The van der Waals surface area contributed by atoms with Gasteiger partial charge >= 0.3 is 5.97 Å². The third-order valence-corrected chi connectivity index (χ3v) is 3.10. The first-order valence-corrected chi connectivity index (χ1v) is 7.07. The van der Waals surface area contributed by atoms with Gasteiger partial charge < -0.3 is 10.1 Å². The Morgan fingerprint density at radius 1 is 1.17 bits per heavy atom. The van der Waals surface area contributed by atoms with E-state index in [1.165, 1.54) is 30.4 Å². The average Bonchev–Trinajstić information content (AvgIpc) is 2.52. The number of ether oxygens (including phenoxy) is 1. The molecule has 1 N–H and O–H groups in total. The van der Waals surface area contributed by atoms with Gasteiger partial charge in [0.15, 0.2) is 6.61 Å². The monoisotopic (exact) mass is 333 g/mol. The predicted octanol–water partition coefficient (Wildman–Crippen LogP) is 3.67. The smallest absolute Gasteiger partial charge is 0.331 e. The van der Waals surface area contributed by atoms with Gasteiger partial charge in [0.05, 0.1) is 0 Å². The van der Waals surface area contributed by atoms with Crippen molar-refractivity contribution < 1.29 is 18.7 Å². The van der Waals surface area contributed by atoms with Gasteiger partial charge in [-0.05, 0) is 35.9 Å². The van der Waals surface area contributed by atoms with E-state index >= 15 is 0 Å². The van der Waals surface area contributed by atoms with Crippen molar-refractivity contribution in [1.29, 1.82) is 0 Å². The lowest BCUT2D eigenvalue weighted by molar-refractivity contribution is -0.142. The minimum Gasteiger partial charge on any atom is -0.452 e. The largest absolute Gasteiger partial charge is 0.452 e. The van der Waals surface area contributed by atoms with Crippen LogP contribution in [0.4, 0.5) is 10.1 Å². The molecule has 0 radical (unpaired) electrons. The highest BCUT2D eigenvalue weighted by Crippen LogP contribution is 2.16. The van der Waals surface area contributed by atoms with Crippen molar-refractivity contribution in [1.82, 2.24) is 0 Å². The Morgan fingerprint density at radius 3 is 2.70 bits per heavy atom. The van der Waals surface area contributed by atoms with Gasteiger partial charge in [0, 0.05) is 16.8 Å². The van der Waals surface area contributed by atoms with Crippen LogP contribution in [-0.4, -0.2) is 18.5 Å². The van der Waals surface area contributed by atoms with E-state index in [2.05, 4.69) is 5.32 Å². The maximum absolute atomic E-state index is 13.0. The highest BCUT2D eigenvalue weighted by atomic mass is 35.5. The number of rotatable bonds is 5. The topological polar surface area (TPSA) is 55.4 Å². The molecule has 0 saturated heterocycles. The summed E-state index contributed by atoms with van der Waals surface area (Å²) in [6.45, 7) is -0.470. The first-order chi connectivity index (χ1) is 11.0. The molecular formula is C17H13ClFNO3. The van der Waals surface area contributed by atoms with E-state index in [1.54, 1.807) is 24.3 Å². The number of hydrogen-bond donors (Lipinski definition) is 1. The standard InChI is InChI=1S/C17H13ClFNO3/c18-15-7-2-1-4-12(15)8-9-17(22)23-11-16(21)20-14-6-3-5-13(19)10-14/h1-10H,11H2,(H,20,21)/b9-8+. The van der Waals surface area contributed by atoms with Gasteiger partial charge in [0.25, 0.3) is 5.91 Å². The molecule has 1 amide bonds. The fourth-order valence-corrected chi connectivity index (χ4v) is 1.91. The molecule has 0 atom stereocenters. The molecule has 0 unspecified atom stereocenters. The van der Waals surface area contributed by atoms with Crippen molar-refractivity contribution in [3.63, 3.8) is 0 Å². The van der Waals surface area contributed by atoms with Crippen LogP contribution in [0.1, 0.15) is 5.56 Å². The van der Waals surface area contributed by atoms with Gasteiger partial charge in [0.2, 0.25) is 0 Å². The van der Waals surface area contributed by atoms with Gasteiger partial charge in [-0.3, -0.25) is 4.79 Å². The lowest BCUT2D eigenvalue weighted by atomic mass is 10.2. The van der Waals surface area contributed by atoms with Gasteiger partial charge in [-0.1, -0.05) is 35.9 Å². The zero-order valence-electron chi connectivity index (χ0n) is 12.0. The summed E-state index contributed by atoms with van der Waals surface area (Å²) in [5.74, 6) is -1.71. The highest BCUT2D eigenvalue weighted by molar-refractivity contribution is 6.32. The zero-order valence-corrected chi connectivity index (χ0v) is 12.7. The Kier molecular flexibility index (Phi) is 5.88. The van der Waals surface area contributed by atoms with E-state index in [9.17, 15) is 14.0 Å².